The summed E-state index contributed by atoms with van der Waals surface area (Å²) in [7, 11) is 0. The third-order valence-corrected chi connectivity index (χ3v) is 5.47. The van der Waals surface area contributed by atoms with Crippen LogP contribution in [0.5, 0.6) is 5.75 Å². The first-order valence-electron chi connectivity index (χ1n) is 9.78. The van der Waals surface area contributed by atoms with E-state index >= 15 is 0 Å². The number of para-hydroxylation sites is 1. The van der Waals surface area contributed by atoms with Crippen LogP contribution in [-0.4, -0.2) is 19.2 Å². The normalized spacial score (nSPS) is 11.5. The Bertz CT molecular complexity index is 1490. The Morgan fingerprint density at radius 2 is 1.77 bits per heavy atom. The second kappa shape index (κ2) is 6.39. The Morgan fingerprint density at radius 3 is 2.60 bits per heavy atom. The predicted molar refractivity (Wildman–Crippen MR) is 116 cm³/mol. The molecule has 0 aliphatic heterocycles. The van der Waals surface area contributed by atoms with Crippen molar-refractivity contribution < 1.29 is 9.67 Å². The van der Waals surface area contributed by atoms with Crippen molar-refractivity contribution in [3.8, 4) is 22.9 Å². The smallest absolute Gasteiger partial charge is 0.270 e. The van der Waals surface area contributed by atoms with Gasteiger partial charge in [-0.05, 0) is 60.8 Å². The third kappa shape index (κ3) is 2.46. The van der Waals surface area contributed by atoms with Crippen LogP contribution in [0.15, 0.2) is 97.5 Å². The number of rotatable bonds is 3. The average Bonchev–Trinajstić information content (AvgIpc) is 3.52. The van der Waals surface area contributed by atoms with E-state index in [0.717, 1.165) is 39.0 Å². The molecule has 0 atom stereocenters. The van der Waals surface area contributed by atoms with E-state index in [1.807, 2.05) is 70.2 Å². The number of imidazole rings is 1. The molecule has 0 amide bonds. The van der Waals surface area contributed by atoms with Crippen molar-refractivity contribution in [3.63, 3.8) is 0 Å². The molecule has 3 aromatic carbocycles. The Balaban J connectivity index is 1.60. The van der Waals surface area contributed by atoms with Gasteiger partial charge in [0.05, 0.1) is 16.7 Å². The molecule has 6 rings (SSSR count). The highest BCUT2D eigenvalue weighted by Gasteiger charge is 2.16. The van der Waals surface area contributed by atoms with Crippen LogP contribution in [0.25, 0.3) is 39.0 Å². The molecule has 5 heteroatoms. The van der Waals surface area contributed by atoms with E-state index in [2.05, 4.69) is 46.2 Å². The molecule has 0 spiro atoms. The standard InChI is InChI=1S/C25H18N4O/c30-23-9-4-8-22-25(23)20-16-19(27-14-15-28(17-27)24-10-5-13-26-24)11-12-21(20)29(22)18-6-2-1-3-7-18/h1-16,26,30H. The molecule has 0 fully saturated rings. The highest BCUT2D eigenvalue weighted by atomic mass is 16.3. The highest BCUT2D eigenvalue weighted by molar-refractivity contribution is 6.12. The maximum Gasteiger partial charge on any atom is 0.270 e. The van der Waals surface area contributed by atoms with Gasteiger partial charge in [0.25, 0.3) is 6.33 Å². The summed E-state index contributed by atoms with van der Waals surface area (Å²) in [6, 6.07) is 26.1. The van der Waals surface area contributed by atoms with E-state index in [4.69, 9.17) is 0 Å². The van der Waals surface area contributed by atoms with E-state index in [1.165, 1.54) is 0 Å². The van der Waals surface area contributed by atoms with Crippen molar-refractivity contribution in [1.82, 2.24) is 14.1 Å². The molecule has 0 saturated carbocycles. The van der Waals surface area contributed by atoms with Crippen LogP contribution in [0.3, 0.4) is 0 Å². The number of aromatic amines is 1. The summed E-state index contributed by atoms with van der Waals surface area (Å²) in [5.41, 5.74) is 4.06. The fourth-order valence-corrected chi connectivity index (χ4v) is 4.11. The first kappa shape index (κ1) is 16.7. The second-order valence-corrected chi connectivity index (χ2v) is 7.24. The lowest BCUT2D eigenvalue weighted by Gasteiger charge is -2.08. The van der Waals surface area contributed by atoms with Gasteiger partial charge < -0.3 is 14.7 Å². The van der Waals surface area contributed by atoms with Gasteiger partial charge in [-0.15, -0.1) is 0 Å². The molecule has 144 valence electrons. The number of nitrogens with one attached hydrogen (secondary N) is 1. The highest BCUT2D eigenvalue weighted by Crippen LogP contribution is 2.37. The maximum absolute atomic E-state index is 10.7. The molecule has 0 aliphatic rings. The van der Waals surface area contributed by atoms with E-state index in [0.29, 0.717) is 0 Å². The summed E-state index contributed by atoms with van der Waals surface area (Å²) in [5.74, 6) is 1.23. The van der Waals surface area contributed by atoms with Gasteiger partial charge >= 0.3 is 0 Å². The van der Waals surface area contributed by atoms with Crippen molar-refractivity contribution in [2.75, 3.05) is 0 Å². The zero-order valence-corrected chi connectivity index (χ0v) is 16.0. The number of H-pyrrole nitrogens is 1. The summed E-state index contributed by atoms with van der Waals surface area (Å²) in [6.07, 6.45) is 9.15. The van der Waals surface area contributed by atoms with Gasteiger partial charge in [-0.1, -0.05) is 24.3 Å². The predicted octanol–water partition coefficient (Wildman–Crippen LogP) is 4.68. The lowest BCUT2D eigenvalue weighted by atomic mass is 10.1. The van der Waals surface area contributed by atoms with Gasteiger partial charge in [0, 0.05) is 28.9 Å². The van der Waals surface area contributed by atoms with Crippen molar-refractivity contribution in [2.24, 2.45) is 0 Å². The van der Waals surface area contributed by atoms with Crippen molar-refractivity contribution >= 4 is 21.8 Å². The zero-order valence-electron chi connectivity index (χ0n) is 16.0. The third-order valence-electron chi connectivity index (χ3n) is 5.47. The largest absolute Gasteiger partial charge is 0.507 e. The minimum absolute atomic E-state index is 0.280. The van der Waals surface area contributed by atoms with Crippen LogP contribution >= 0.6 is 0 Å². The van der Waals surface area contributed by atoms with Crippen LogP contribution in [0, 0.1) is 6.33 Å². The van der Waals surface area contributed by atoms with Crippen LogP contribution in [0.4, 0.5) is 0 Å². The number of hydrogen-bond acceptors (Lipinski definition) is 1. The first-order valence-corrected chi connectivity index (χ1v) is 9.78. The topological polar surface area (TPSA) is 49.8 Å². The van der Waals surface area contributed by atoms with Crippen LogP contribution in [-0.2, 0) is 0 Å². The van der Waals surface area contributed by atoms with Gasteiger partial charge in [0.1, 0.15) is 11.6 Å². The lowest BCUT2D eigenvalue weighted by molar-refractivity contribution is -0.599. The van der Waals surface area contributed by atoms with Crippen LogP contribution < -0.4 is 4.57 Å². The molecule has 0 aliphatic carbocycles. The van der Waals surface area contributed by atoms with Crippen LogP contribution in [0.1, 0.15) is 0 Å². The Morgan fingerprint density at radius 1 is 0.867 bits per heavy atom. The molecule has 3 heterocycles. The molecule has 6 aromatic rings. The summed E-state index contributed by atoms with van der Waals surface area (Å²) in [5, 5.41) is 12.5. The number of aromatic nitrogens is 4. The molecular weight excluding hydrogens is 372 g/mol. The number of phenols is 1. The number of phenolic OH excluding ortho intramolecular Hbond substituents is 1. The van der Waals surface area contributed by atoms with Gasteiger partial charge in [-0.3, -0.25) is 9.13 Å². The average molecular weight is 390 g/mol. The van der Waals surface area contributed by atoms with E-state index in [9.17, 15) is 5.11 Å². The Labute approximate surface area is 172 Å². The van der Waals surface area contributed by atoms with Crippen LogP contribution in [0.2, 0.25) is 0 Å². The second-order valence-electron chi connectivity index (χ2n) is 7.24. The minimum Gasteiger partial charge on any atom is -0.507 e. The number of fused-ring (bicyclic) bond motifs is 3. The monoisotopic (exact) mass is 390 g/mol. The van der Waals surface area contributed by atoms with Gasteiger partial charge in [0.2, 0.25) is 0 Å². The molecule has 5 nitrogen and oxygen atoms in total. The summed E-state index contributed by atoms with van der Waals surface area (Å²) in [4.78, 5) is 3.18. The van der Waals surface area contributed by atoms with E-state index in [1.54, 1.807) is 6.07 Å². The molecule has 0 saturated heterocycles. The van der Waals surface area contributed by atoms with E-state index in [-0.39, 0.29) is 5.75 Å². The molecule has 3 aromatic heterocycles. The fraction of sp³-hybridized carbons (Fsp3) is 0. The van der Waals surface area contributed by atoms with E-state index < -0.39 is 0 Å². The zero-order chi connectivity index (χ0) is 20.1. The molecule has 30 heavy (non-hydrogen) atoms. The van der Waals surface area contributed by atoms with Crippen molar-refractivity contribution in [2.45, 2.75) is 0 Å². The van der Waals surface area contributed by atoms with Gasteiger partial charge in [-0.2, -0.15) is 0 Å². The summed E-state index contributed by atoms with van der Waals surface area (Å²) < 4.78 is 6.05. The SMILES string of the molecule is Oc1cccc2c1c1cc(-[n+]3[c-]n(-c4ccc[nH]4)cc3)ccc1n2-c1ccccc1. The Hall–Kier alpha value is -4.25. The number of nitrogens with zero attached hydrogens (tertiary/aromatic N) is 3. The number of hydrogen-bond donors (Lipinski definition) is 2. The molecule has 2 N–H and O–H groups in total. The summed E-state index contributed by atoms with van der Waals surface area (Å²) in [6.45, 7) is 0. The molecule has 0 bridgehead atoms. The maximum atomic E-state index is 10.7. The molecule has 0 radical (unpaired) electrons. The summed E-state index contributed by atoms with van der Waals surface area (Å²) >= 11 is 0. The van der Waals surface area contributed by atoms with Crippen molar-refractivity contribution in [1.29, 1.82) is 0 Å². The van der Waals surface area contributed by atoms with Gasteiger partial charge in [-0.25, -0.2) is 0 Å². The fourth-order valence-electron chi connectivity index (χ4n) is 4.11. The minimum atomic E-state index is 0.280. The van der Waals surface area contributed by atoms with Crippen molar-refractivity contribution in [3.05, 3.63) is 104 Å². The first-order chi connectivity index (χ1) is 14.8. The molecular formula is C25H18N4O. The number of aromatic hydroxyl groups is 1. The number of benzene rings is 3. The Kier molecular flexibility index (Phi) is 3.55. The quantitative estimate of drug-likeness (QED) is 0.334. The lowest BCUT2D eigenvalue weighted by Crippen LogP contribution is -2.28. The van der Waals surface area contributed by atoms with Gasteiger partial charge in [0.15, 0.2) is 0 Å². The molecule has 0 unspecified atom stereocenters.